The lowest BCUT2D eigenvalue weighted by Gasteiger charge is -2.30. The maximum Gasteiger partial charge on any atom is 0.251 e. The van der Waals surface area contributed by atoms with E-state index in [1.807, 2.05) is 0 Å². The zero-order valence-electron chi connectivity index (χ0n) is 17.6. The standard InChI is InChI=1S/C21H33N3O4S/c1-17-7-8-19(16-20(17)29(26,27)24-12-14-28-15-13-24)21(25)22-9-5-11-23-10-4-3-6-18(23)2/h7-8,16,18H,3-6,9-15H2,1-2H3,(H,22,25)/p+1/t18-/m0/s1. The fraction of sp³-hybridized carbons (Fsp3) is 0.667. The van der Waals surface area contributed by atoms with Gasteiger partial charge in [-0.15, -0.1) is 0 Å². The molecule has 0 saturated carbocycles. The number of aryl methyl sites for hydroxylation is 1. The number of carbonyl (C=O) groups is 1. The van der Waals surface area contributed by atoms with E-state index in [2.05, 4.69) is 12.2 Å². The third kappa shape index (κ3) is 5.57. The van der Waals surface area contributed by atoms with Gasteiger partial charge in [-0.1, -0.05) is 6.07 Å². The topological polar surface area (TPSA) is 80.2 Å². The molecule has 8 heteroatoms. The SMILES string of the molecule is Cc1ccc(C(=O)NCCC[NH+]2CCCC[C@@H]2C)cc1S(=O)(=O)N1CCOCC1. The monoisotopic (exact) mass is 424 g/mol. The lowest BCUT2D eigenvalue weighted by molar-refractivity contribution is -0.928. The highest BCUT2D eigenvalue weighted by Crippen LogP contribution is 2.22. The van der Waals surface area contributed by atoms with Gasteiger partial charge in [0.25, 0.3) is 5.91 Å². The summed E-state index contributed by atoms with van der Waals surface area (Å²) in [6.45, 7) is 8.43. The quantitative estimate of drug-likeness (QED) is 0.628. The van der Waals surface area contributed by atoms with Crippen molar-refractivity contribution in [2.75, 3.05) is 45.9 Å². The third-order valence-corrected chi connectivity index (χ3v) is 8.12. The molecule has 2 aliphatic heterocycles. The van der Waals surface area contributed by atoms with Crippen molar-refractivity contribution in [2.24, 2.45) is 0 Å². The molecule has 162 valence electrons. The van der Waals surface area contributed by atoms with Gasteiger partial charge in [0.2, 0.25) is 10.0 Å². The highest BCUT2D eigenvalue weighted by Gasteiger charge is 2.28. The molecule has 2 N–H and O–H groups in total. The van der Waals surface area contributed by atoms with Crippen molar-refractivity contribution in [1.29, 1.82) is 0 Å². The van der Waals surface area contributed by atoms with Crippen LogP contribution in [0.3, 0.4) is 0 Å². The highest BCUT2D eigenvalue weighted by molar-refractivity contribution is 7.89. The van der Waals surface area contributed by atoms with Gasteiger partial charge >= 0.3 is 0 Å². The van der Waals surface area contributed by atoms with Crippen LogP contribution < -0.4 is 10.2 Å². The Morgan fingerprint density at radius 1 is 1.28 bits per heavy atom. The number of quaternary nitrogens is 1. The van der Waals surface area contributed by atoms with E-state index in [4.69, 9.17) is 4.74 Å². The normalized spacial score (nSPS) is 23.7. The van der Waals surface area contributed by atoms with Crippen molar-refractivity contribution in [1.82, 2.24) is 9.62 Å². The van der Waals surface area contributed by atoms with Crippen molar-refractivity contribution in [2.45, 2.75) is 50.5 Å². The maximum absolute atomic E-state index is 13.0. The number of rotatable bonds is 7. The number of likely N-dealkylation sites (tertiary alicyclic amines) is 1. The van der Waals surface area contributed by atoms with E-state index in [0.29, 0.717) is 50.0 Å². The molecular weight excluding hydrogens is 390 g/mol. The van der Waals surface area contributed by atoms with Crippen molar-refractivity contribution in [3.8, 4) is 0 Å². The van der Waals surface area contributed by atoms with Crippen LogP contribution in [0.25, 0.3) is 0 Å². The van der Waals surface area contributed by atoms with E-state index in [1.165, 1.54) is 36.2 Å². The largest absolute Gasteiger partial charge is 0.379 e. The van der Waals surface area contributed by atoms with E-state index in [1.54, 1.807) is 24.0 Å². The van der Waals surface area contributed by atoms with Gasteiger partial charge in [0.05, 0.1) is 37.2 Å². The van der Waals surface area contributed by atoms with E-state index in [0.717, 1.165) is 13.0 Å². The predicted molar refractivity (Wildman–Crippen MR) is 112 cm³/mol. The van der Waals surface area contributed by atoms with Crippen LogP contribution in [0.5, 0.6) is 0 Å². The number of nitrogens with zero attached hydrogens (tertiary/aromatic N) is 1. The number of nitrogens with one attached hydrogen (secondary N) is 2. The van der Waals surface area contributed by atoms with Crippen molar-refractivity contribution in [3.63, 3.8) is 0 Å². The number of morpholine rings is 1. The summed E-state index contributed by atoms with van der Waals surface area (Å²) < 4.78 is 32.7. The molecule has 3 rings (SSSR count). The minimum Gasteiger partial charge on any atom is -0.379 e. The zero-order valence-corrected chi connectivity index (χ0v) is 18.4. The molecule has 0 bridgehead atoms. The van der Waals surface area contributed by atoms with E-state index >= 15 is 0 Å². The number of ether oxygens (including phenoxy) is 1. The molecule has 0 spiro atoms. The molecule has 1 aromatic rings. The Labute approximate surface area is 174 Å². The smallest absolute Gasteiger partial charge is 0.251 e. The molecule has 2 atom stereocenters. The molecule has 1 aromatic carbocycles. The van der Waals surface area contributed by atoms with Crippen LogP contribution in [0.2, 0.25) is 0 Å². The second-order valence-electron chi connectivity index (χ2n) is 8.16. The van der Waals surface area contributed by atoms with Crippen LogP contribution in [0.1, 0.15) is 48.5 Å². The Bertz CT molecular complexity index is 806. The first-order chi connectivity index (χ1) is 13.9. The molecule has 29 heavy (non-hydrogen) atoms. The van der Waals surface area contributed by atoms with Gasteiger partial charge in [0.1, 0.15) is 0 Å². The average molecular weight is 425 g/mol. The number of benzene rings is 1. The summed E-state index contributed by atoms with van der Waals surface area (Å²) in [5.74, 6) is -0.217. The second kappa shape index (κ2) is 10.0. The van der Waals surface area contributed by atoms with Gasteiger partial charge in [-0.05, 0) is 50.8 Å². The van der Waals surface area contributed by atoms with Crippen LogP contribution in [0.4, 0.5) is 0 Å². The molecule has 0 aliphatic carbocycles. The Morgan fingerprint density at radius 3 is 2.76 bits per heavy atom. The van der Waals surface area contributed by atoms with Gasteiger partial charge in [-0.2, -0.15) is 4.31 Å². The molecule has 7 nitrogen and oxygen atoms in total. The van der Waals surface area contributed by atoms with Crippen LogP contribution in [-0.4, -0.2) is 70.6 Å². The van der Waals surface area contributed by atoms with Crippen molar-refractivity contribution >= 4 is 15.9 Å². The Morgan fingerprint density at radius 2 is 2.03 bits per heavy atom. The summed E-state index contributed by atoms with van der Waals surface area (Å²) in [6.07, 6.45) is 4.82. The fourth-order valence-electron chi connectivity index (χ4n) is 4.19. The summed E-state index contributed by atoms with van der Waals surface area (Å²) in [4.78, 5) is 14.4. The highest BCUT2D eigenvalue weighted by atomic mass is 32.2. The first-order valence-corrected chi connectivity index (χ1v) is 12.1. The zero-order chi connectivity index (χ0) is 20.9. The summed E-state index contributed by atoms with van der Waals surface area (Å²) >= 11 is 0. The van der Waals surface area contributed by atoms with Crippen LogP contribution >= 0.6 is 0 Å². The minimum absolute atomic E-state index is 0.207. The molecule has 0 radical (unpaired) electrons. The van der Waals surface area contributed by atoms with Crippen LogP contribution in [0, 0.1) is 6.92 Å². The Balaban J connectivity index is 1.59. The van der Waals surface area contributed by atoms with Gasteiger partial charge < -0.3 is 15.0 Å². The number of hydrogen-bond acceptors (Lipinski definition) is 4. The average Bonchev–Trinajstić information content (AvgIpc) is 2.73. The molecule has 1 unspecified atom stereocenters. The first kappa shape index (κ1) is 22.2. The molecule has 0 aromatic heterocycles. The molecule has 2 saturated heterocycles. The Kier molecular flexibility index (Phi) is 7.67. The molecule has 2 aliphatic rings. The van der Waals surface area contributed by atoms with Crippen molar-refractivity contribution < 1.29 is 22.8 Å². The van der Waals surface area contributed by atoms with Crippen molar-refractivity contribution in [3.05, 3.63) is 29.3 Å². The maximum atomic E-state index is 13.0. The predicted octanol–water partition coefficient (Wildman–Crippen LogP) is 0.593. The third-order valence-electron chi connectivity index (χ3n) is 6.08. The second-order valence-corrected chi connectivity index (χ2v) is 10.1. The molecule has 1 amide bonds. The molecular formula is C21H34N3O4S+. The van der Waals surface area contributed by atoms with Crippen LogP contribution in [-0.2, 0) is 14.8 Å². The number of sulfonamides is 1. The lowest BCUT2D eigenvalue weighted by Crippen LogP contribution is -3.16. The fourth-order valence-corrected chi connectivity index (χ4v) is 5.85. The molecule has 2 fully saturated rings. The number of carbonyl (C=O) groups excluding carboxylic acids is 1. The van der Waals surface area contributed by atoms with Gasteiger partial charge in [-0.25, -0.2) is 8.42 Å². The van der Waals surface area contributed by atoms with Gasteiger partial charge in [0, 0.05) is 31.6 Å². The first-order valence-electron chi connectivity index (χ1n) is 10.7. The van der Waals surface area contributed by atoms with E-state index < -0.39 is 10.0 Å². The molecule has 2 heterocycles. The summed E-state index contributed by atoms with van der Waals surface area (Å²) in [5, 5.41) is 2.95. The van der Waals surface area contributed by atoms with Gasteiger partial charge in [0.15, 0.2) is 0 Å². The lowest BCUT2D eigenvalue weighted by atomic mass is 10.0. The number of amides is 1. The minimum atomic E-state index is -3.62. The van der Waals surface area contributed by atoms with E-state index in [-0.39, 0.29) is 10.8 Å². The summed E-state index contributed by atoms with van der Waals surface area (Å²) in [7, 11) is -3.62. The summed E-state index contributed by atoms with van der Waals surface area (Å²) in [5.41, 5.74) is 1.04. The summed E-state index contributed by atoms with van der Waals surface area (Å²) in [6, 6.07) is 5.61. The van der Waals surface area contributed by atoms with Crippen LogP contribution in [0.15, 0.2) is 23.1 Å². The Hall–Kier alpha value is -1.48. The number of piperidine rings is 1. The van der Waals surface area contributed by atoms with E-state index in [9.17, 15) is 13.2 Å². The number of hydrogen-bond donors (Lipinski definition) is 2. The van der Waals surface area contributed by atoms with Gasteiger partial charge in [-0.3, -0.25) is 4.79 Å².